The number of nitrogens with one attached hydrogen (secondary N) is 1. The van der Waals surface area contributed by atoms with Gasteiger partial charge in [-0.3, -0.25) is 4.40 Å². The highest BCUT2D eigenvalue weighted by Gasteiger charge is 2.37. The van der Waals surface area contributed by atoms with Crippen LogP contribution in [0.4, 0.5) is 5.82 Å². The molecular weight excluding hydrogens is 312 g/mol. The summed E-state index contributed by atoms with van der Waals surface area (Å²) in [7, 11) is -2.33. The molecule has 7 nitrogen and oxygen atoms in total. The Bertz CT molecular complexity index is 733. The van der Waals surface area contributed by atoms with Gasteiger partial charge in [0.2, 0.25) is 0 Å². The maximum absolute atomic E-state index is 12.9. The van der Waals surface area contributed by atoms with Crippen LogP contribution in [0.5, 0.6) is 0 Å². The van der Waals surface area contributed by atoms with Gasteiger partial charge in [0.05, 0.1) is 12.1 Å². The Balaban J connectivity index is 2.63. The number of imidazole rings is 1. The van der Waals surface area contributed by atoms with Crippen LogP contribution in [0, 0.1) is 0 Å². The predicted octanol–water partition coefficient (Wildman–Crippen LogP) is 1.22. The zero-order valence-electron chi connectivity index (χ0n) is 12.5. The van der Waals surface area contributed by atoms with Crippen LogP contribution in [-0.2, 0) is 10.0 Å². The zero-order valence-corrected chi connectivity index (χ0v) is 14.1. The van der Waals surface area contributed by atoms with Crippen molar-refractivity contribution in [2.75, 3.05) is 25.5 Å². The SMILES string of the molecule is CCNc1nc2sccn2c1S(=O)(=O)N(C)C(C)(C)CO. The van der Waals surface area contributed by atoms with Gasteiger partial charge in [0, 0.05) is 25.2 Å². The van der Waals surface area contributed by atoms with E-state index in [-0.39, 0.29) is 11.6 Å². The molecule has 2 heterocycles. The molecule has 9 heteroatoms. The van der Waals surface area contributed by atoms with Gasteiger partial charge in [0.25, 0.3) is 10.0 Å². The molecule has 0 unspecified atom stereocenters. The first-order valence-electron chi connectivity index (χ1n) is 6.55. The summed E-state index contributed by atoms with van der Waals surface area (Å²) in [6.07, 6.45) is 1.68. The number of anilines is 1. The monoisotopic (exact) mass is 332 g/mol. The van der Waals surface area contributed by atoms with E-state index >= 15 is 0 Å². The molecule has 2 N–H and O–H groups in total. The van der Waals surface area contributed by atoms with Crippen molar-refractivity contribution in [2.45, 2.75) is 31.3 Å². The Kier molecular flexibility index (Phi) is 4.29. The first-order chi connectivity index (χ1) is 9.75. The van der Waals surface area contributed by atoms with Crippen molar-refractivity contribution in [2.24, 2.45) is 0 Å². The van der Waals surface area contributed by atoms with Crippen LogP contribution in [0.2, 0.25) is 0 Å². The molecule has 0 bridgehead atoms. The highest BCUT2D eigenvalue weighted by Crippen LogP contribution is 2.30. The molecule has 0 saturated carbocycles. The molecule has 0 aromatic carbocycles. The minimum absolute atomic E-state index is 0.102. The highest BCUT2D eigenvalue weighted by atomic mass is 32.2. The van der Waals surface area contributed by atoms with Crippen molar-refractivity contribution in [3.8, 4) is 0 Å². The third-order valence-electron chi connectivity index (χ3n) is 3.41. The van der Waals surface area contributed by atoms with Crippen molar-refractivity contribution in [3.63, 3.8) is 0 Å². The van der Waals surface area contributed by atoms with E-state index in [9.17, 15) is 13.5 Å². The first-order valence-corrected chi connectivity index (χ1v) is 8.87. The van der Waals surface area contributed by atoms with Crippen LogP contribution >= 0.6 is 11.3 Å². The van der Waals surface area contributed by atoms with Crippen LogP contribution in [0.15, 0.2) is 16.6 Å². The van der Waals surface area contributed by atoms with E-state index in [0.717, 1.165) is 0 Å². The van der Waals surface area contributed by atoms with Crippen LogP contribution in [0.25, 0.3) is 4.96 Å². The number of hydrogen-bond donors (Lipinski definition) is 2. The third-order valence-corrected chi connectivity index (χ3v) is 6.26. The predicted molar refractivity (Wildman–Crippen MR) is 83.3 cm³/mol. The largest absolute Gasteiger partial charge is 0.394 e. The molecule has 0 atom stereocenters. The van der Waals surface area contributed by atoms with E-state index in [1.165, 1.54) is 22.7 Å². The molecule has 2 rings (SSSR count). The van der Waals surface area contributed by atoms with E-state index in [0.29, 0.717) is 17.3 Å². The van der Waals surface area contributed by atoms with Gasteiger partial charge in [-0.2, -0.15) is 4.31 Å². The molecule has 2 aromatic heterocycles. The number of aliphatic hydroxyl groups excluding tert-OH is 1. The van der Waals surface area contributed by atoms with Crippen molar-refractivity contribution in [1.29, 1.82) is 0 Å². The fraction of sp³-hybridized carbons (Fsp3) is 0.583. The summed E-state index contributed by atoms with van der Waals surface area (Å²) >= 11 is 1.37. The normalized spacial score (nSPS) is 13.2. The summed E-state index contributed by atoms with van der Waals surface area (Å²) in [5, 5.41) is 14.3. The number of fused-ring (bicyclic) bond motifs is 1. The number of thiazole rings is 1. The van der Waals surface area contributed by atoms with Crippen molar-refractivity contribution in [3.05, 3.63) is 11.6 Å². The Morgan fingerprint density at radius 2 is 2.19 bits per heavy atom. The molecule has 21 heavy (non-hydrogen) atoms. The van der Waals surface area contributed by atoms with Gasteiger partial charge in [-0.25, -0.2) is 13.4 Å². The van der Waals surface area contributed by atoms with E-state index in [1.807, 2.05) is 6.92 Å². The molecule has 2 aromatic rings. The van der Waals surface area contributed by atoms with Crippen LogP contribution < -0.4 is 5.32 Å². The first kappa shape index (κ1) is 16.2. The third kappa shape index (κ3) is 2.66. The lowest BCUT2D eigenvalue weighted by atomic mass is 10.1. The average molecular weight is 332 g/mol. The van der Waals surface area contributed by atoms with Gasteiger partial charge in [0.15, 0.2) is 15.8 Å². The summed E-state index contributed by atoms with van der Waals surface area (Å²) in [5.74, 6) is 0.338. The minimum atomic E-state index is -3.80. The van der Waals surface area contributed by atoms with Crippen molar-refractivity contribution >= 4 is 32.1 Å². The summed E-state index contributed by atoms with van der Waals surface area (Å²) in [5.41, 5.74) is -0.900. The average Bonchev–Trinajstić information content (AvgIpc) is 2.98. The minimum Gasteiger partial charge on any atom is -0.394 e. The molecular formula is C12H20N4O3S2. The smallest absolute Gasteiger partial charge is 0.263 e. The molecule has 0 saturated heterocycles. The second kappa shape index (κ2) is 5.56. The highest BCUT2D eigenvalue weighted by molar-refractivity contribution is 7.89. The fourth-order valence-corrected chi connectivity index (χ4v) is 4.35. The van der Waals surface area contributed by atoms with E-state index in [4.69, 9.17) is 0 Å². The van der Waals surface area contributed by atoms with Crippen molar-refractivity contribution < 1.29 is 13.5 Å². The Labute approximate surface area is 128 Å². The number of rotatable bonds is 6. The van der Waals surface area contributed by atoms with Crippen LogP contribution in [0.3, 0.4) is 0 Å². The number of hydrogen-bond acceptors (Lipinski definition) is 6. The zero-order chi connectivity index (χ0) is 15.8. The topological polar surface area (TPSA) is 86.9 Å². The lowest BCUT2D eigenvalue weighted by Gasteiger charge is -2.32. The fourth-order valence-electron chi connectivity index (χ4n) is 1.85. The molecule has 118 valence electrons. The maximum Gasteiger partial charge on any atom is 0.263 e. The second-order valence-electron chi connectivity index (χ2n) is 5.29. The number of sulfonamides is 1. The molecule has 0 amide bonds. The number of aromatic nitrogens is 2. The lowest BCUT2D eigenvalue weighted by molar-refractivity contribution is 0.137. The molecule has 0 spiro atoms. The summed E-state index contributed by atoms with van der Waals surface area (Å²) in [6.45, 7) is 5.52. The van der Waals surface area contributed by atoms with Crippen LogP contribution in [-0.4, -0.2) is 53.0 Å². The van der Waals surface area contributed by atoms with Gasteiger partial charge in [-0.1, -0.05) is 0 Å². The molecule has 0 aliphatic heterocycles. The molecule has 0 aliphatic carbocycles. The van der Waals surface area contributed by atoms with Gasteiger partial charge < -0.3 is 10.4 Å². The van der Waals surface area contributed by atoms with Crippen LogP contribution in [0.1, 0.15) is 20.8 Å². The Morgan fingerprint density at radius 1 is 1.52 bits per heavy atom. The van der Waals surface area contributed by atoms with E-state index in [1.54, 1.807) is 29.8 Å². The van der Waals surface area contributed by atoms with Gasteiger partial charge in [-0.15, -0.1) is 11.3 Å². The summed E-state index contributed by atoms with van der Waals surface area (Å²) in [6, 6.07) is 0. The number of likely N-dealkylation sites (N-methyl/N-ethyl adjacent to an activating group) is 1. The van der Waals surface area contributed by atoms with Gasteiger partial charge >= 0.3 is 0 Å². The molecule has 0 aliphatic rings. The van der Waals surface area contributed by atoms with Gasteiger partial charge in [-0.05, 0) is 20.8 Å². The van der Waals surface area contributed by atoms with Crippen molar-refractivity contribution in [1.82, 2.24) is 13.7 Å². The standard InChI is InChI=1S/C12H20N4O3S2/c1-5-13-9-10(16-6-7-20-11(16)14-9)21(18,19)15(4)12(2,3)8-17/h6-7,13,17H,5,8H2,1-4H3. The maximum atomic E-state index is 12.9. The van der Waals surface area contributed by atoms with Gasteiger partial charge in [0.1, 0.15) is 0 Å². The summed E-state index contributed by atoms with van der Waals surface area (Å²) < 4.78 is 28.6. The number of nitrogens with zero attached hydrogens (tertiary/aromatic N) is 3. The summed E-state index contributed by atoms with van der Waals surface area (Å²) in [4.78, 5) is 4.93. The Morgan fingerprint density at radius 3 is 2.76 bits per heavy atom. The second-order valence-corrected chi connectivity index (χ2v) is 8.05. The van der Waals surface area contributed by atoms with E-state index < -0.39 is 15.6 Å². The molecule has 0 fully saturated rings. The molecule has 0 radical (unpaired) electrons. The Hall–Kier alpha value is -1.16. The lowest BCUT2D eigenvalue weighted by Crippen LogP contribution is -2.47. The number of aliphatic hydroxyl groups is 1. The van der Waals surface area contributed by atoms with E-state index in [2.05, 4.69) is 10.3 Å². The quantitative estimate of drug-likeness (QED) is 0.830.